The molecule has 16 nitrogen and oxygen atoms in total. The number of unbranched alkanes of at least 4 members (excludes halogenated alkanes) is 36. The van der Waals surface area contributed by atoms with E-state index >= 15 is 0 Å². The summed E-state index contributed by atoms with van der Waals surface area (Å²) in [6.07, 6.45) is 84.7. The van der Waals surface area contributed by atoms with E-state index in [1.54, 1.807) is 0 Å². The number of allylic oxidation sites excluding steroid dienone is 16. The lowest BCUT2D eigenvalue weighted by Gasteiger charge is -2.21. The first kappa shape index (κ1) is 95.5. The van der Waals surface area contributed by atoms with Crippen LogP contribution in [0.2, 0.25) is 0 Å². The zero-order valence-electron chi connectivity index (χ0n) is 62.6. The largest absolute Gasteiger partial charge is 0.472 e. The summed E-state index contributed by atoms with van der Waals surface area (Å²) in [6.45, 7) is 2.54. The zero-order chi connectivity index (χ0) is 72.3. The highest BCUT2D eigenvalue weighted by atomic mass is 31.2. The summed E-state index contributed by atoms with van der Waals surface area (Å²) in [5.41, 5.74) is 0. The maximum atomic E-state index is 12.9. The molecule has 5 atom stereocenters. The van der Waals surface area contributed by atoms with E-state index in [0.29, 0.717) is 19.3 Å². The van der Waals surface area contributed by atoms with Crippen LogP contribution in [0.4, 0.5) is 0 Å². The Bertz CT molecular complexity index is 2190. The predicted molar refractivity (Wildman–Crippen MR) is 408 cm³/mol. The van der Waals surface area contributed by atoms with Crippen molar-refractivity contribution in [3.05, 3.63) is 97.2 Å². The molecule has 0 spiro atoms. The molecule has 574 valence electrons. The highest BCUT2D eigenvalue weighted by Gasteiger charge is 2.29. The molecule has 0 rings (SSSR count). The lowest BCUT2D eigenvalue weighted by molar-refractivity contribution is -0.161. The maximum absolute atomic E-state index is 12.9. The molecule has 0 saturated carbocycles. The molecule has 0 aromatic carbocycles. The number of hydrogen-bond acceptors (Lipinski definition) is 14. The Morgan fingerprint density at radius 1 is 0.293 bits per heavy atom. The van der Waals surface area contributed by atoms with Crippen molar-refractivity contribution in [2.75, 3.05) is 39.6 Å². The average Bonchev–Trinajstić information content (AvgIpc) is 1.43. The van der Waals surface area contributed by atoms with Gasteiger partial charge in [0.15, 0.2) is 6.10 Å². The number of aliphatic hydroxyl groups excluding tert-OH is 2. The van der Waals surface area contributed by atoms with Gasteiger partial charge in [0, 0.05) is 19.3 Å². The minimum absolute atomic E-state index is 0.0935. The quantitative estimate of drug-likeness (QED) is 0.0146. The standard InChI is InChI=1S/C81H144O16P2/c1-4-7-10-13-16-19-22-25-28-29-30-31-32-33-34-35-36-37-38-39-40-41-42-43-44-45-48-50-52-55-58-61-64-67-79(84)91-70-76(82)71-93-98(87,88)94-72-77(83)73-95-99(89,90)96-75-78(97-81(86)69-66-63-60-57-54-51-47-27-24-21-18-15-12-9-6-3)74-92-80(85)68-65-62-59-56-53-49-46-26-23-20-17-14-11-8-5-2/h7,10,16-17,19-20,25-28,30-31,33-34,46-47,76-78,82-83H,4-6,8-9,11-15,18,21-24,29,32,35-45,48-75H2,1-3H3,(H,87,88)(H,89,90)/b10-7-,19-16-,20-17-,28-25-,31-30-,34-33-,46-26-,47-27-. The van der Waals surface area contributed by atoms with Gasteiger partial charge < -0.3 is 34.2 Å². The van der Waals surface area contributed by atoms with Crippen molar-refractivity contribution in [2.45, 2.75) is 360 Å². The Hall–Kier alpha value is -3.53. The molecule has 0 aromatic rings. The van der Waals surface area contributed by atoms with Gasteiger partial charge in [-0.05, 0) is 122 Å². The Labute approximate surface area is 603 Å². The van der Waals surface area contributed by atoms with Gasteiger partial charge in [-0.15, -0.1) is 0 Å². The number of phosphoric ester groups is 2. The van der Waals surface area contributed by atoms with Gasteiger partial charge in [0.25, 0.3) is 0 Å². The molecule has 4 N–H and O–H groups in total. The Morgan fingerprint density at radius 3 is 0.879 bits per heavy atom. The van der Waals surface area contributed by atoms with Gasteiger partial charge in [0.2, 0.25) is 0 Å². The smallest absolute Gasteiger partial charge is 0.463 e. The van der Waals surface area contributed by atoms with Gasteiger partial charge >= 0.3 is 33.6 Å². The molecule has 5 unspecified atom stereocenters. The van der Waals surface area contributed by atoms with Crippen LogP contribution in [0.25, 0.3) is 0 Å². The highest BCUT2D eigenvalue weighted by Crippen LogP contribution is 2.45. The Balaban J connectivity index is 4.39. The van der Waals surface area contributed by atoms with E-state index < -0.39 is 91.5 Å². The molecule has 0 amide bonds. The van der Waals surface area contributed by atoms with Gasteiger partial charge in [0.05, 0.1) is 26.4 Å². The third-order valence-electron chi connectivity index (χ3n) is 16.8. The van der Waals surface area contributed by atoms with Crippen LogP contribution in [0, 0.1) is 0 Å². The van der Waals surface area contributed by atoms with Crippen molar-refractivity contribution >= 4 is 33.6 Å². The molecule has 0 aliphatic heterocycles. The normalized spacial score (nSPS) is 14.5. The van der Waals surface area contributed by atoms with Crippen molar-refractivity contribution in [3.63, 3.8) is 0 Å². The number of carbonyl (C=O) groups excluding carboxylic acids is 3. The van der Waals surface area contributed by atoms with Crippen molar-refractivity contribution in [3.8, 4) is 0 Å². The third kappa shape index (κ3) is 75.5. The topological polar surface area (TPSA) is 231 Å². The summed E-state index contributed by atoms with van der Waals surface area (Å²) < 4.78 is 61.1. The van der Waals surface area contributed by atoms with Crippen molar-refractivity contribution in [1.29, 1.82) is 0 Å². The van der Waals surface area contributed by atoms with Gasteiger partial charge in [-0.2, -0.15) is 0 Å². The number of hydrogen-bond donors (Lipinski definition) is 4. The van der Waals surface area contributed by atoms with Gasteiger partial charge in [0.1, 0.15) is 25.4 Å². The molecule has 0 aromatic heterocycles. The predicted octanol–water partition coefficient (Wildman–Crippen LogP) is 23.0. The summed E-state index contributed by atoms with van der Waals surface area (Å²) in [7, 11) is -9.78. The van der Waals surface area contributed by atoms with Crippen LogP contribution in [0.3, 0.4) is 0 Å². The zero-order valence-corrected chi connectivity index (χ0v) is 64.4. The fourth-order valence-electron chi connectivity index (χ4n) is 10.7. The van der Waals surface area contributed by atoms with Crippen LogP contribution in [-0.4, -0.2) is 95.9 Å². The van der Waals surface area contributed by atoms with Gasteiger partial charge in [-0.1, -0.05) is 298 Å². The first-order valence-corrected chi connectivity index (χ1v) is 42.5. The van der Waals surface area contributed by atoms with E-state index in [2.05, 4.69) is 118 Å². The number of esters is 3. The fraction of sp³-hybridized carbons (Fsp3) is 0.765. The van der Waals surface area contributed by atoms with Crippen molar-refractivity contribution < 1.29 is 75.8 Å². The van der Waals surface area contributed by atoms with E-state index in [1.807, 2.05) is 0 Å². The summed E-state index contributed by atoms with van der Waals surface area (Å²) in [5, 5.41) is 20.6. The minimum atomic E-state index is -4.93. The van der Waals surface area contributed by atoms with E-state index in [4.69, 9.17) is 32.3 Å². The molecule has 0 aliphatic carbocycles. The average molecular weight is 1440 g/mol. The molecule has 0 heterocycles. The van der Waals surface area contributed by atoms with E-state index in [1.165, 1.54) is 148 Å². The van der Waals surface area contributed by atoms with Crippen LogP contribution in [0.5, 0.6) is 0 Å². The summed E-state index contributed by atoms with van der Waals surface area (Å²) in [5.74, 6) is -1.59. The number of ether oxygens (including phenoxy) is 3. The van der Waals surface area contributed by atoms with Crippen molar-refractivity contribution in [2.24, 2.45) is 0 Å². The number of aliphatic hydroxyl groups is 2. The molecular weight excluding hydrogens is 1290 g/mol. The summed E-state index contributed by atoms with van der Waals surface area (Å²) in [6, 6.07) is 0. The molecule has 0 bridgehead atoms. The number of rotatable bonds is 75. The summed E-state index contributed by atoms with van der Waals surface area (Å²) in [4.78, 5) is 58.5. The molecule has 0 fully saturated rings. The molecule has 0 saturated heterocycles. The van der Waals surface area contributed by atoms with Crippen LogP contribution < -0.4 is 0 Å². The van der Waals surface area contributed by atoms with Gasteiger partial charge in [-0.3, -0.25) is 32.5 Å². The van der Waals surface area contributed by atoms with Crippen LogP contribution in [0.1, 0.15) is 342 Å². The second-order valence-corrected chi connectivity index (χ2v) is 29.4. The highest BCUT2D eigenvalue weighted by molar-refractivity contribution is 7.47. The maximum Gasteiger partial charge on any atom is 0.472 e. The lowest BCUT2D eigenvalue weighted by atomic mass is 10.0. The Morgan fingerprint density at radius 2 is 0.535 bits per heavy atom. The van der Waals surface area contributed by atoms with Crippen LogP contribution in [0.15, 0.2) is 97.2 Å². The molecule has 0 aliphatic rings. The molecule has 99 heavy (non-hydrogen) atoms. The first-order valence-electron chi connectivity index (χ1n) is 39.5. The first-order chi connectivity index (χ1) is 48.2. The molecule has 18 heteroatoms. The third-order valence-corrected chi connectivity index (χ3v) is 18.7. The fourth-order valence-corrected chi connectivity index (χ4v) is 12.3. The van der Waals surface area contributed by atoms with E-state index in [-0.39, 0.29) is 19.3 Å². The van der Waals surface area contributed by atoms with E-state index in [9.17, 15) is 43.5 Å². The summed E-state index contributed by atoms with van der Waals surface area (Å²) >= 11 is 0. The van der Waals surface area contributed by atoms with Crippen LogP contribution in [-0.2, 0) is 55.8 Å². The second-order valence-electron chi connectivity index (χ2n) is 26.5. The monoisotopic (exact) mass is 1430 g/mol. The van der Waals surface area contributed by atoms with Crippen LogP contribution >= 0.6 is 15.6 Å². The molecule has 0 radical (unpaired) electrons. The Kier molecular flexibility index (Phi) is 71.6. The lowest BCUT2D eigenvalue weighted by Crippen LogP contribution is -2.30. The SMILES string of the molecule is CC/C=C\C/C=C\C/C=C\C/C=C\C/C=C\CCCCCCCCCCCCCCCCCCCC(=O)OCC(O)COP(=O)(O)OCC(O)COP(=O)(O)OCC(COC(=O)CCCCCCC/C=C\C/C=C\CCCCC)OC(=O)CCCCCCC/C=C\CCCCCCCC. The number of phosphoric acid groups is 2. The number of carbonyl (C=O) groups is 3. The minimum Gasteiger partial charge on any atom is -0.463 e. The van der Waals surface area contributed by atoms with Gasteiger partial charge in [-0.25, -0.2) is 9.13 Å². The van der Waals surface area contributed by atoms with E-state index in [0.717, 1.165) is 135 Å². The van der Waals surface area contributed by atoms with Crippen molar-refractivity contribution in [1.82, 2.24) is 0 Å². The molecular formula is C81H144O16P2. The second kappa shape index (κ2) is 74.2.